The summed E-state index contributed by atoms with van der Waals surface area (Å²) in [4.78, 5) is 24.5. The van der Waals surface area contributed by atoms with E-state index in [0.717, 1.165) is 35.3 Å². The Hall–Kier alpha value is -3.41. The number of aromatic nitrogens is 1. The molecule has 2 aromatic carbocycles. The molecule has 2 atom stereocenters. The molecule has 1 spiro atoms. The molecule has 2 saturated heterocycles. The molecule has 0 radical (unpaired) electrons. The summed E-state index contributed by atoms with van der Waals surface area (Å²) >= 11 is 0. The fourth-order valence-corrected chi connectivity index (χ4v) is 4.58. The number of amides is 1. The molecule has 1 aromatic heterocycles. The fraction of sp³-hybridized carbons (Fsp3) is 0.375. The van der Waals surface area contributed by atoms with Crippen molar-refractivity contribution >= 4 is 17.0 Å². The summed E-state index contributed by atoms with van der Waals surface area (Å²) in [7, 11) is 1.68. The number of fused-ring (bicyclic) bond motifs is 1. The van der Waals surface area contributed by atoms with Crippen LogP contribution < -0.4 is 16.4 Å². The average Bonchev–Trinajstić information content (AvgIpc) is 3.35. The van der Waals surface area contributed by atoms with E-state index in [1.807, 2.05) is 36.4 Å². The summed E-state index contributed by atoms with van der Waals surface area (Å²) in [5.41, 5.74) is 4.08. The van der Waals surface area contributed by atoms with Crippen molar-refractivity contribution in [3.05, 3.63) is 58.6 Å². The average molecular weight is 432 g/mol. The first-order chi connectivity index (χ1) is 15.5. The van der Waals surface area contributed by atoms with Gasteiger partial charge in [-0.2, -0.15) is 5.26 Å². The highest BCUT2D eigenvalue weighted by atomic mass is 16.5. The molecule has 8 nitrogen and oxygen atoms in total. The molecule has 2 aliphatic heterocycles. The third-order valence-electron chi connectivity index (χ3n) is 6.67. The van der Waals surface area contributed by atoms with Crippen LogP contribution in [0.25, 0.3) is 22.2 Å². The smallest absolute Gasteiger partial charge is 0.408 e. The number of nitriles is 1. The Labute approximate surface area is 184 Å². The second kappa shape index (κ2) is 7.93. The van der Waals surface area contributed by atoms with Gasteiger partial charge in [-0.1, -0.05) is 30.3 Å². The Morgan fingerprint density at radius 1 is 1.28 bits per heavy atom. The highest BCUT2D eigenvalue weighted by Gasteiger charge is 2.52. The van der Waals surface area contributed by atoms with Crippen LogP contribution >= 0.6 is 0 Å². The number of hydrogen-bond donors (Lipinski definition) is 2. The molecule has 2 fully saturated rings. The van der Waals surface area contributed by atoms with Gasteiger partial charge in [-0.05, 0) is 28.8 Å². The number of oxazole rings is 1. The van der Waals surface area contributed by atoms with Crippen molar-refractivity contribution in [2.24, 2.45) is 18.4 Å². The van der Waals surface area contributed by atoms with Crippen molar-refractivity contribution in [1.82, 2.24) is 15.2 Å². The summed E-state index contributed by atoms with van der Waals surface area (Å²) in [6.07, 6.45) is 0.427. The van der Waals surface area contributed by atoms with Crippen molar-refractivity contribution in [2.45, 2.75) is 12.5 Å². The van der Waals surface area contributed by atoms with E-state index in [1.54, 1.807) is 13.1 Å². The molecule has 164 valence electrons. The first-order valence-electron chi connectivity index (χ1n) is 10.7. The zero-order valence-corrected chi connectivity index (χ0v) is 17.8. The van der Waals surface area contributed by atoms with E-state index >= 15 is 0 Å². The van der Waals surface area contributed by atoms with Crippen LogP contribution in [0.3, 0.4) is 0 Å². The molecule has 0 bridgehead atoms. The largest absolute Gasteiger partial charge is 0.419 e. The van der Waals surface area contributed by atoms with Crippen LogP contribution in [-0.2, 0) is 23.0 Å². The van der Waals surface area contributed by atoms with Crippen molar-refractivity contribution in [2.75, 3.05) is 26.3 Å². The van der Waals surface area contributed by atoms with Crippen LogP contribution in [0.1, 0.15) is 5.56 Å². The predicted octanol–water partition coefficient (Wildman–Crippen LogP) is 1.59. The Kier molecular flexibility index (Phi) is 5.08. The van der Waals surface area contributed by atoms with Gasteiger partial charge in [0.25, 0.3) is 0 Å². The van der Waals surface area contributed by atoms with E-state index < -0.39 is 6.04 Å². The Morgan fingerprint density at radius 2 is 2.03 bits per heavy atom. The van der Waals surface area contributed by atoms with E-state index in [2.05, 4.69) is 16.7 Å². The number of aryl methyl sites for hydroxylation is 1. The second-order valence-electron chi connectivity index (χ2n) is 8.73. The minimum atomic E-state index is -0.601. The van der Waals surface area contributed by atoms with Gasteiger partial charge in [0.05, 0.1) is 30.7 Å². The molecule has 32 heavy (non-hydrogen) atoms. The molecular weight excluding hydrogens is 408 g/mol. The van der Waals surface area contributed by atoms with Gasteiger partial charge in [0.2, 0.25) is 5.91 Å². The maximum Gasteiger partial charge on any atom is 0.419 e. The highest BCUT2D eigenvalue weighted by Crippen LogP contribution is 2.38. The molecule has 0 saturated carbocycles. The maximum absolute atomic E-state index is 12.8. The Bertz CT molecular complexity index is 1260. The number of rotatable bonds is 5. The molecule has 5 rings (SSSR count). The van der Waals surface area contributed by atoms with E-state index in [4.69, 9.17) is 9.15 Å². The third kappa shape index (κ3) is 3.49. The third-order valence-corrected chi connectivity index (χ3v) is 6.67. The number of hydrogen-bond acceptors (Lipinski definition) is 6. The molecule has 2 aliphatic rings. The molecule has 1 amide bonds. The predicted molar refractivity (Wildman–Crippen MR) is 118 cm³/mol. The van der Waals surface area contributed by atoms with Crippen molar-refractivity contribution in [1.29, 1.82) is 5.26 Å². The zero-order valence-electron chi connectivity index (χ0n) is 17.8. The normalized spacial score (nSPS) is 20.1. The van der Waals surface area contributed by atoms with Crippen molar-refractivity contribution in [3.63, 3.8) is 0 Å². The van der Waals surface area contributed by atoms with Gasteiger partial charge >= 0.3 is 5.76 Å². The standard InChI is InChI=1S/C24H24N4O4/c1-28-20-9-17(6-7-21(20)32-23(28)30)16-4-2-15(3-5-16)8-18(10-25)27-22(29)19-11-31-14-24(19)12-26-13-24/h2-7,9,18-19,26H,8,11-14H2,1H3,(H,27,29). The molecule has 2 N–H and O–H groups in total. The summed E-state index contributed by atoms with van der Waals surface area (Å²) < 4.78 is 12.2. The van der Waals surface area contributed by atoms with Gasteiger partial charge in [0, 0.05) is 32.0 Å². The lowest BCUT2D eigenvalue weighted by atomic mass is 9.72. The maximum atomic E-state index is 12.8. The molecule has 0 aliphatic carbocycles. The molecular formula is C24H24N4O4. The molecule has 8 heteroatoms. The monoisotopic (exact) mass is 432 g/mol. The summed E-state index contributed by atoms with van der Waals surface area (Å²) in [6.45, 7) is 2.56. The number of ether oxygens (including phenoxy) is 1. The topological polar surface area (TPSA) is 109 Å². The fourth-order valence-electron chi connectivity index (χ4n) is 4.58. The minimum Gasteiger partial charge on any atom is -0.408 e. The van der Waals surface area contributed by atoms with Crippen LogP contribution in [0.2, 0.25) is 0 Å². The van der Waals surface area contributed by atoms with Gasteiger partial charge in [-0.3, -0.25) is 9.36 Å². The van der Waals surface area contributed by atoms with Crippen LogP contribution in [-0.4, -0.2) is 42.8 Å². The number of carbonyl (C=O) groups excluding carboxylic acids is 1. The van der Waals surface area contributed by atoms with Crippen molar-refractivity contribution < 1.29 is 13.9 Å². The van der Waals surface area contributed by atoms with Crippen LogP contribution in [0.4, 0.5) is 0 Å². The quantitative estimate of drug-likeness (QED) is 0.634. The zero-order chi connectivity index (χ0) is 22.3. The van der Waals surface area contributed by atoms with Crippen LogP contribution in [0, 0.1) is 22.7 Å². The van der Waals surface area contributed by atoms with Gasteiger partial charge in [-0.15, -0.1) is 0 Å². The Morgan fingerprint density at radius 3 is 2.72 bits per heavy atom. The van der Waals surface area contributed by atoms with Crippen molar-refractivity contribution in [3.8, 4) is 17.2 Å². The van der Waals surface area contributed by atoms with Gasteiger partial charge < -0.3 is 19.8 Å². The van der Waals surface area contributed by atoms with Crippen LogP contribution in [0.15, 0.2) is 51.7 Å². The number of carbonyl (C=O) groups is 1. The summed E-state index contributed by atoms with van der Waals surface area (Å²) in [5.74, 6) is -0.706. The van der Waals surface area contributed by atoms with Gasteiger partial charge in [0.15, 0.2) is 5.58 Å². The Balaban J connectivity index is 1.27. The van der Waals surface area contributed by atoms with Gasteiger partial charge in [-0.25, -0.2) is 4.79 Å². The van der Waals surface area contributed by atoms with Gasteiger partial charge in [0.1, 0.15) is 6.04 Å². The first kappa shape index (κ1) is 20.5. The summed E-state index contributed by atoms with van der Waals surface area (Å²) in [5, 5.41) is 15.7. The van der Waals surface area contributed by atoms with E-state index in [0.29, 0.717) is 25.2 Å². The lowest BCUT2D eigenvalue weighted by molar-refractivity contribution is -0.129. The number of nitrogens with zero attached hydrogens (tertiary/aromatic N) is 2. The second-order valence-corrected chi connectivity index (χ2v) is 8.73. The molecule has 3 heterocycles. The SMILES string of the molecule is Cn1c(=O)oc2ccc(-c3ccc(CC(C#N)NC(=O)C4COCC45CNC5)cc3)cc21. The first-order valence-corrected chi connectivity index (χ1v) is 10.7. The van der Waals surface area contributed by atoms with Crippen LogP contribution in [0.5, 0.6) is 0 Å². The van der Waals surface area contributed by atoms with E-state index in [1.165, 1.54) is 4.57 Å². The number of benzene rings is 2. The van der Waals surface area contributed by atoms with E-state index in [-0.39, 0.29) is 23.0 Å². The highest BCUT2D eigenvalue weighted by molar-refractivity contribution is 5.81. The molecule has 2 unspecified atom stereocenters. The minimum absolute atomic E-state index is 0.105. The summed E-state index contributed by atoms with van der Waals surface area (Å²) in [6, 6.07) is 15.1. The number of nitrogens with one attached hydrogen (secondary N) is 2. The lowest BCUT2D eigenvalue weighted by Crippen LogP contribution is -2.61. The lowest BCUT2D eigenvalue weighted by Gasteiger charge is -2.41. The molecule has 3 aromatic rings. The van der Waals surface area contributed by atoms with E-state index in [9.17, 15) is 14.9 Å².